The van der Waals surface area contributed by atoms with Gasteiger partial charge in [0.15, 0.2) is 0 Å². The van der Waals surface area contributed by atoms with Crippen LogP contribution in [0.5, 0.6) is 0 Å². The summed E-state index contributed by atoms with van der Waals surface area (Å²) in [4.78, 5) is 4.50. The molecule has 0 fully saturated rings. The maximum Gasteiger partial charge on any atom is 0.242 e. The van der Waals surface area contributed by atoms with E-state index < -0.39 is 10.0 Å². The van der Waals surface area contributed by atoms with Gasteiger partial charge in [0, 0.05) is 37.2 Å². The van der Waals surface area contributed by atoms with E-state index >= 15 is 0 Å². The van der Waals surface area contributed by atoms with Crippen LogP contribution in [-0.4, -0.2) is 31.8 Å². The molecule has 0 spiro atoms. The van der Waals surface area contributed by atoms with Gasteiger partial charge >= 0.3 is 0 Å². The Kier molecular flexibility index (Phi) is 5.33. The van der Waals surface area contributed by atoms with Crippen LogP contribution in [0.15, 0.2) is 53.6 Å². The second-order valence-electron chi connectivity index (χ2n) is 6.11. The first-order valence-corrected chi connectivity index (χ1v) is 9.88. The zero-order valence-electron chi connectivity index (χ0n) is 14.8. The Morgan fingerprint density at radius 1 is 1.19 bits per heavy atom. The molecule has 8 heteroatoms. The van der Waals surface area contributed by atoms with Crippen molar-refractivity contribution < 1.29 is 8.42 Å². The van der Waals surface area contributed by atoms with Gasteiger partial charge in [-0.15, -0.1) is 0 Å². The van der Waals surface area contributed by atoms with Gasteiger partial charge in [-0.05, 0) is 35.9 Å². The fourth-order valence-electron chi connectivity index (χ4n) is 2.62. The van der Waals surface area contributed by atoms with Crippen LogP contribution in [-0.2, 0) is 16.6 Å². The molecule has 3 rings (SSSR count). The summed E-state index contributed by atoms with van der Waals surface area (Å²) in [6.07, 6.45) is 1.52. The lowest BCUT2D eigenvalue weighted by Crippen LogP contribution is -2.22. The Balaban J connectivity index is 1.89. The van der Waals surface area contributed by atoms with Crippen molar-refractivity contribution >= 4 is 38.2 Å². The van der Waals surface area contributed by atoms with Crippen molar-refractivity contribution in [3.8, 4) is 6.07 Å². The van der Waals surface area contributed by atoms with Crippen molar-refractivity contribution in [1.29, 1.82) is 5.26 Å². The Hall–Kier alpha value is -2.66. The number of halogens is 1. The van der Waals surface area contributed by atoms with Crippen molar-refractivity contribution in [2.45, 2.75) is 11.4 Å². The summed E-state index contributed by atoms with van der Waals surface area (Å²) in [6, 6.07) is 14.1. The predicted octanol–water partition coefficient (Wildman–Crippen LogP) is 3.62. The predicted molar refractivity (Wildman–Crippen MR) is 106 cm³/mol. The molecule has 1 N–H and O–H groups in total. The maximum absolute atomic E-state index is 12.1. The lowest BCUT2D eigenvalue weighted by molar-refractivity contribution is 0.520. The standard InChI is InChI=1S/C19H17ClN4O2S/c1-24(2)27(25,26)16-6-3-13(4-7-16)11-23-19-14(10-21)12-22-18-8-5-15(20)9-17(18)19/h3-9,12H,11H2,1-2H3,(H,22,23). The summed E-state index contributed by atoms with van der Waals surface area (Å²) in [5, 5.41) is 14.0. The third kappa shape index (κ3) is 3.88. The number of hydrogen-bond donors (Lipinski definition) is 1. The minimum absolute atomic E-state index is 0.232. The normalized spacial score (nSPS) is 11.5. The van der Waals surface area contributed by atoms with Crippen LogP contribution in [0, 0.1) is 11.3 Å². The van der Waals surface area contributed by atoms with E-state index in [1.807, 2.05) is 0 Å². The van der Waals surface area contributed by atoms with E-state index in [0.29, 0.717) is 22.8 Å². The molecule has 2 aromatic carbocycles. The average molecular weight is 401 g/mol. The lowest BCUT2D eigenvalue weighted by Gasteiger charge is -2.13. The molecule has 6 nitrogen and oxygen atoms in total. The fourth-order valence-corrected chi connectivity index (χ4v) is 3.69. The molecule has 0 unspecified atom stereocenters. The number of nitriles is 1. The van der Waals surface area contributed by atoms with Gasteiger partial charge < -0.3 is 5.32 Å². The Labute approximate surface area is 163 Å². The molecule has 0 saturated carbocycles. The first-order valence-electron chi connectivity index (χ1n) is 8.06. The summed E-state index contributed by atoms with van der Waals surface area (Å²) in [5.41, 5.74) is 2.67. The van der Waals surface area contributed by atoms with E-state index in [9.17, 15) is 13.7 Å². The topological polar surface area (TPSA) is 86.1 Å². The fraction of sp³-hybridized carbons (Fsp3) is 0.158. The number of fused-ring (bicyclic) bond motifs is 1. The monoisotopic (exact) mass is 400 g/mol. The highest BCUT2D eigenvalue weighted by Crippen LogP contribution is 2.28. The summed E-state index contributed by atoms with van der Waals surface area (Å²) < 4.78 is 25.5. The Bertz CT molecular complexity index is 1140. The molecule has 0 saturated heterocycles. The van der Waals surface area contributed by atoms with E-state index in [1.165, 1.54) is 24.6 Å². The summed E-state index contributed by atoms with van der Waals surface area (Å²) in [7, 11) is -0.470. The highest BCUT2D eigenvalue weighted by Gasteiger charge is 2.16. The lowest BCUT2D eigenvalue weighted by atomic mass is 10.1. The first kappa shape index (κ1) is 19.1. The highest BCUT2D eigenvalue weighted by atomic mass is 35.5. The smallest absolute Gasteiger partial charge is 0.242 e. The van der Waals surface area contributed by atoms with Gasteiger partial charge in [-0.1, -0.05) is 23.7 Å². The minimum atomic E-state index is -3.46. The van der Waals surface area contributed by atoms with E-state index in [2.05, 4.69) is 16.4 Å². The number of nitrogens with one attached hydrogen (secondary N) is 1. The van der Waals surface area contributed by atoms with Crippen LogP contribution in [0.1, 0.15) is 11.1 Å². The molecule has 3 aromatic rings. The number of benzene rings is 2. The van der Waals surface area contributed by atoms with E-state index in [0.717, 1.165) is 16.5 Å². The molecular formula is C19H17ClN4O2S. The molecule has 0 aliphatic carbocycles. The SMILES string of the molecule is CN(C)S(=O)(=O)c1ccc(CNc2c(C#N)cnc3ccc(Cl)cc23)cc1. The van der Waals surface area contributed by atoms with Crippen molar-refractivity contribution in [3.63, 3.8) is 0 Å². The van der Waals surface area contributed by atoms with Gasteiger partial charge in [0.2, 0.25) is 10.0 Å². The van der Waals surface area contributed by atoms with Crippen LogP contribution < -0.4 is 5.32 Å². The number of aromatic nitrogens is 1. The van der Waals surface area contributed by atoms with Gasteiger partial charge in [0.1, 0.15) is 6.07 Å². The van der Waals surface area contributed by atoms with Crippen LogP contribution >= 0.6 is 11.6 Å². The number of anilines is 1. The van der Waals surface area contributed by atoms with Crippen molar-refractivity contribution in [3.05, 3.63) is 64.8 Å². The van der Waals surface area contributed by atoms with Crippen molar-refractivity contribution in [2.75, 3.05) is 19.4 Å². The number of pyridine rings is 1. The Morgan fingerprint density at radius 3 is 2.52 bits per heavy atom. The van der Waals surface area contributed by atoms with Crippen molar-refractivity contribution in [1.82, 2.24) is 9.29 Å². The molecule has 1 heterocycles. The van der Waals surface area contributed by atoms with Crippen LogP contribution in [0.2, 0.25) is 5.02 Å². The second-order valence-corrected chi connectivity index (χ2v) is 8.69. The highest BCUT2D eigenvalue weighted by molar-refractivity contribution is 7.89. The molecule has 0 aliphatic heterocycles. The average Bonchev–Trinajstić information content (AvgIpc) is 2.66. The van der Waals surface area contributed by atoms with E-state index in [1.54, 1.807) is 42.5 Å². The minimum Gasteiger partial charge on any atom is -0.379 e. The van der Waals surface area contributed by atoms with Gasteiger partial charge in [-0.25, -0.2) is 12.7 Å². The molecule has 27 heavy (non-hydrogen) atoms. The van der Waals surface area contributed by atoms with Crippen LogP contribution in [0.3, 0.4) is 0 Å². The van der Waals surface area contributed by atoms with Gasteiger partial charge in [-0.2, -0.15) is 5.26 Å². The summed E-state index contributed by atoms with van der Waals surface area (Å²) in [6.45, 7) is 0.419. The third-order valence-corrected chi connectivity index (χ3v) is 6.19. The van der Waals surface area contributed by atoms with Crippen LogP contribution in [0.25, 0.3) is 10.9 Å². The second kappa shape index (κ2) is 7.53. The summed E-state index contributed by atoms with van der Waals surface area (Å²) >= 11 is 6.09. The molecule has 0 aliphatic rings. The van der Waals surface area contributed by atoms with E-state index in [-0.39, 0.29) is 4.90 Å². The quantitative estimate of drug-likeness (QED) is 0.706. The van der Waals surface area contributed by atoms with E-state index in [4.69, 9.17) is 11.6 Å². The maximum atomic E-state index is 12.1. The number of rotatable bonds is 5. The molecule has 1 aromatic heterocycles. The van der Waals surface area contributed by atoms with Gasteiger partial charge in [-0.3, -0.25) is 4.98 Å². The molecule has 138 valence electrons. The summed E-state index contributed by atoms with van der Waals surface area (Å²) in [5.74, 6) is 0. The number of sulfonamides is 1. The first-order chi connectivity index (χ1) is 12.8. The molecular weight excluding hydrogens is 384 g/mol. The Morgan fingerprint density at radius 2 is 1.89 bits per heavy atom. The number of hydrogen-bond acceptors (Lipinski definition) is 5. The van der Waals surface area contributed by atoms with Crippen LogP contribution in [0.4, 0.5) is 5.69 Å². The van der Waals surface area contributed by atoms with Crippen molar-refractivity contribution in [2.24, 2.45) is 0 Å². The molecule has 0 bridgehead atoms. The zero-order chi connectivity index (χ0) is 19.6. The molecule has 0 atom stereocenters. The molecule has 0 radical (unpaired) electrons. The zero-order valence-corrected chi connectivity index (χ0v) is 16.3. The van der Waals surface area contributed by atoms with Gasteiger partial charge in [0.25, 0.3) is 0 Å². The number of nitrogens with zero attached hydrogens (tertiary/aromatic N) is 3. The largest absolute Gasteiger partial charge is 0.379 e. The third-order valence-electron chi connectivity index (χ3n) is 4.12. The molecule has 0 amide bonds. The van der Waals surface area contributed by atoms with Gasteiger partial charge in [0.05, 0.1) is 21.7 Å².